The largest absolute Gasteiger partial charge is 0.331 e. The van der Waals surface area contributed by atoms with Crippen LogP contribution < -0.4 is 10.6 Å². The molecule has 9 heteroatoms. The van der Waals surface area contributed by atoms with Gasteiger partial charge in [-0.2, -0.15) is 0 Å². The van der Waals surface area contributed by atoms with Gasteiger partial charge >= 0.3 is 0 Å². The Morgan fingerprint density at radius 2 is 1.92 bits per heavy atom. The van der Waals surface area contributed by atoms with Crippen LogP contribution in [-0.2, 0) is 6.54 Å². The molecular formula is C16H12Cl2FN5S. The molecule has 0 atom stereocenters. The first-order chi connectivity index (χ1) is 12.0. The molecule has 0 saturated heterocycles. The monoisotopic (exact) mass is 395 g/mol. The van der Waals surface area contributed by atoms with E-state index in [9.17, 15) is 4.39 Å². The highest BCUT2D eigenvalue weighted by molar-refractivity contribution is 7.80. The van der Waals surface area contributed by atoms with Gasteiger partial charge in [-0.05, 0) is 42.0 Å². The van der Waals surface area contributed by atoms with Gasteiger partial charge in [0.2, 0.25) is 5.95 Å². The summed E-state index contributed by atoms with van der Waals surface area (Å²) in [5.74, 6) is -0.0616. The van der Waals surface area contributed by atoms with E-state index in [1.807, 2.05) is 12.1 Å². The minimum absolute atomic E-state index is 0.311. The molecule has 0 spiro atoms. The average molecular weight is 396 g/mol. The number of halogens is 3. The van der Waals surface area contributed by atoms with E-state index in [4.69, 9.17) is 35.4 Å². The quantitative estimate of drug-likeness (QED) is 0.633. The van der Waals surface area contributed by atoms with Crippen molar-refractivity contribution in [3.63, 3.8) is 0 Å². The lowest BCUT2D eigenvalue weighted by molar-refractivity contribution is 0.624. The van der Waals surface area contributed by atoms with Gasteiger partial charge in [-0.3, -0.25) is 5.32 Å². The van der Waals surface area contributed by atoms with Crippen LogP contribution in [0.2, 0.25) is 10.0 Å². The number of hydrogen-bond donors (Lipinski definition) is 2. The van der Waals surface area contributed by atoms with Crippen molar-refractivity contribution >= 4 is 52.2 Å². The molecule has 0 unspecified atom stereocenters. The Bertz CT molecular complexity index is 915. The lowest BCUT2D eigenvalue weighted by Gasteiger charge is -2.09. The average Bonchev–Trinajstić information content (AvgIpc) is 2.99. The molecule has 0 aliphatic rings. The first-order valence-corrected chi connectivity index (χ1v) is 8.33. The Kier molecular flexibility index (Phi) is 5.47. The molecule has 0 radical (unpaired) electrons. The second-order valence-corrected chi connectivity index (χ2v) is 6.28. The third-order valence-corrected chi connectivity index (χ3v) is 4.12. The highest BCUT2D eigenvalue weighted by atomic mass is 35.5. The Balaban J connectivity index is 1.63. The highest BCUT2D eigenvalue weighted by Gasteiger charge is 2.08. The number of thiocarbonyl (C=S) groups is 1. The third-order valence-electron chi connectivity index (χ3n) is 3.23. The summed E-state index contributed by atoms with van der Waals surface area (Å²) in [6, 6.07) is 11.4. The Hall–Kier alpha value is -2.22. The fourth-order valence-corrected chi connectivity index (χ4v) is 2.68. The standard InChI is InChI=1S/C16H12Cl2FN5S/c17-12-3-1-2-4-14(12)21-16(25)22-15-20-9-24(23-15)8-10-5-6-11(19)7-13(10)18/h1-7,9H,8H2,(H2,21,22,23,25). The zero-order valence-corrected chi connectivity index (χ0v) is 15.0. The molecule has 0 aliphatic carbocycles. The molecule has 1 aromatic heterocycles. The van der Waals surface area contributed by atoms with Gasteiger partial charge in [0.05, 0.1) is 17.3 Å². The van der Waals surface area contributed by atoms with Crippen molar-refractivity contribution in [2.75, 3.05) is 10.6 Å². The van der Waals surface area contributed by atoms with E-state index in [1.54, 1.807) is 22.9 Å². The number of benzene rings is 2. The normalized spacial score (nSPS) is 10.5. The molecule has 0 fully saturated rings. The van der Waals surface area contributed by atoms with Crippen LogP contribution in [0.4, 0.5) is 16.0 Å². The van der Waals surface area contributed by atoms with Crippen molar-refractivity contribution in [2.45, 2.75) is 6.54 Å². The Labute approximate surface area is 158 Å². The van der Waals surface area contributed by atoms with Crippen molar-refractivity contribution in [1.29, 1.82) is 0 Å². The molecule has 0 amide bonds. The van der Waals surface area contributed by atoms with Gasteiger partial charge in [0, 0.05) is 5.02 Å². The smallest absolute Gasteiger partial charge is 0.248 e. The number of rotatable bonds is 4. The van der Waals surface area contributed by atoms with E-state index in [0.29, 0.717) is 33.3 Å². The van der Waals surface area contributed by atoms with E-state index in [1.165, 1.54) is 18.5 Å². The molecule has 128 valence electrons. The molecule has 3 rings (SSSR count). The predicted molar refractivity (Wildman–Crippen MR) is 102 cm³/mol. The number of nitrogens with one attached hydrogen (secondary N) is 2. The molecule has 5 nitrogen and oxygen atoms in total. The highest BCUT2D eigenvalue weighted by Crippen LogP contribution is 2.21. The Morgan fingerprint density at radius 3 is 2.68 bits per heavy atom. The summed E-state index contributed by atoms with van der Waals surface area (Å²) in [5.41, 5.74) is 1.41. The van der Waals surface area contributed by atoms with E-state index in [0.717, 1.165) is 5.56 Å². The summed E-state index contributed by atoms with van der Waals surface area (Å²) in [4.78, 5) is 4.13. The summed E-state index contributed by atoms with van der Waals surface area (Å²) in [7, 11) is 0. The van der Waals surface area contributed by atoms with Gasteiger partial charge in [-0.25, -0.2) is 14.1 Å². The molecule has 2 aromatic carbocycles. The van der Waals surface area contributed by atoms with Gasteiger partial charge in [0.1, 0.15) is 12.1 Å². The van der Waals surface area contributed by atoms with Crippen LogP contribution in [0.5, 0.6) is 0 Å². The van der Waals surface area contributed by atoms with E-state index >= 15 is 0 Å². The molecule has 0 saturated carbocycles. The summed E-state index contributed by atoms with van der Waals surface area (Å²) in [5, 5.41) is 11.3. The minimum Gasteiger partial charge on any atom is -0.331 e. The maximum absolute atomic E-state index is 13.1. The number of hydrogen-bond acceptors (Lipinski definition) is 3. The number of nitrogens with zero attached hydrogens (tertiary/aromatic N) is 3. The minimum atomic E-state index is -0.384. The second-order valence-electron chi connectivity index (χ2n) is 5.06. The fraction of sp³-hybridized carbons (Fsp3) is 0.0625. The summed E-state index contributed by atoms with van der Waals surface area (Å²) < 4.78 is 14.7. The maximum Gasteiger partial charge on any atom is 0.248 e. The lowest BCUT2D eigenvalue weighted by atomic mass is 10.2. The third kappa shape index (κ3) is 4.66. The summed E-state index contributed by atoms with van der Waals surface area (Å²) in [6.45, 7) is 0.360. The van der Waals surface area contributed by atoms with E-state index in [-0.39, 0.29) is 5.82 Å². The van der Waals surface area contributed by atoms with Crippen LogP contribution in [-0.4, -0.2) is 19.9 Å². The predicted octanol–water partition coefficient (Wildman–Crippen LogP) is 4.58. The van der Waals surface area contributed by atoms with Crippen LogP contribution in [0.25, 0.3) is 0 Å². The number of para-hydroxylation sites is 1. The number of aromatic nitrogens is 3. The van der Waals surface area contributed by atoms with Crippen molar-refractivity contribution in [3.05, 3.63) is 70.2 Å². The molecule has 2 N–H and O–H groups in total. The van der Waals surface area contributed by atoms with Crippen molar-refractivity contribution < 1.29 is 4.39 Å². The van der Waals surface area contributed by atoms with Gasteiger partial charge in [-0.15, -0.1) is 5.10 Å². The lowest BCUT2D eigenvalue weighted by Crippen LogP contribution is -2.20. The SMILES string of the molecule is Fc1ccc(Cn2cnc(NC(=S)Nc3ccccc3Cl)n2)c(Cl)c1. The molecular weight excluding hydrogens is 384 g/mol. The first kappa shape index (κ1) is 17.6. The zero-order chi connectivity index (χ0) is 17.8. The van der Waals surface area contributed by atoms with Gasteiger partial charge in [0.25, 0.3) is 0 Å². The van der Waals surface area contributed by atoms with Gasteiger partial charge in [0.15, 0.2) is 5.11 Å². The summed E-state index contributed by atoms with van der Waals surface area (Å²) in [6.07, 6.45) is 1.53. The summed E-state index contributed by atoms with van der Waals surface area (Å²) >= 11 is 17.3. The molecule has 25 heavy (non-hydrogen) atoms. The molecule has 0 bridgehead atoms. The molecule has 3 aromatic rings. The second kappa shape index (κ2) is 7.77. The fourth-order valence-electron chi connectivity index (χ4n) is 2.07. The maximum atomic E-state index is 13.1. The van der Waals surface area contributed by atoms with Crippen LogP contribution in [0.3, 0.4) is 0 Å². The topological polar surface area (TPSA) is 54.8 Å². The van der Waals surface area contributed by atoms with Crippen LogP contribution >= 0.6 is 35.4 Å². The first-order valence-electron chi connectivity index (χ1n) is 7.17. The van der Waals surface area contributed by atoms with Crippen molar-refractivity contribution in [3.8, 4) is 0 Å². The van der Waals surface area contributed by atoms with Gasteiger partial charge < -0.3 is 5.32 Å². The zero-order valence-electron chi connectivity index (χ0n) is 12.7. The van der Waals surface area contributed by atoms with Crippen LogP contribution in [0.1, 0.15) is 5.56 Å². The van der Waals surface area contributed by atoms with E-state index in [2.05, 4.69) is 20.7 Å². The van der Waals surface area contributed by atoms with Crippen LogP contribution in [0.15, 0.2) is 48.8 Å². The molecule has 0 aliphatic heterocycles. The Morgan fingerprint density at radius 1 is 1.12 bits per heavy atom. The van der Waals surface area contributed by atoms with Gasteiger partial charge in [-0.1, -0.05) is 41.4 Å². The van der Waals surface area contributed by atoms with Crippen molar-refractivity contribution in [1.82, 2.24) is 14.8 Å². The van der Waals surface area contributed by atoms with E-state index < -0.39 is 0 Å². The van der Waals surface area contributed by atoms with Crippen LogP contribution in [0, 0.1) is 5.82 Å². The van der Waals surface area contributed by atoms with Crippen molar-refractivity contribution in [2.24, 2.45) is 0 Å². The number of anilines is 2. The molecule has 1 heterocycles.